The van der Waals surface area contributed by atoms with Crippen molar-refractivity contribution in [1.29, 1.82) is 0 Å². The zero-order valence-electron chi connectivity index (χ0n) is 12.5. The molecule has 0 aromatic heterocycles. The number of benzene rings is 1. The van der Waals surface area contributed by atoms with Gasteiger partial charge >= 0.3 is 0 Å². The Morgan fingerprint density at radius 1 is 1.19 bits per heavy atom. The van der Waals surface area contributed by atoms with Crippen molar-refractivity contribution in [3.8, 4) is 11.5 Å². The van der Waals surface area contributed by atoms with Crippen LogP contribution >= 0.6 is 0 Å². The standard InChI is InChI=1S/C15H22N2O4/c1-19-13-7-11(8-14(9-13)20-2)17-15(18)10-21-12-3-5-16-6-4-12/h7-9,12,16H,3-6,10H2,1-2H3,(H,17,18). The number of hydrogen-bond acceptors (Lipinski definition) is 5. The summed E-state index contributed by atoms with van der Waals surface area (Å²) in [6, 6.07) is 5.23. The van der Waals surface area contributed by atoms with Crippen molar-refractivity contribution in [2.45, 2.75) is 18.9 Å². The largest absolute Gasteiger partial charge is 0.497 e. The fourth-order valence-electron chi connectivity index (χ4n) is 2.23. The average Bonchev–Trinajstić information content (AvgIpc) is 2.53. The van der Waals surface area contributed by atoms with Gasteiger partial charge in [0.1, 0.15) is 18.1 Å². The number of methoxy groups -OCH3 is 2. The maximum atomic E-state index is 11.9. The number of carbonyl (C=O) groups is 1. The number of anilines is 1. The Morgan fingerprint density at radius 2 is 1.81 bits per heavy atom. The molecule has 21 heavy (non-hydrogen) atoms. The molecule has 0 spiro atoms. The first-order valence-electron chi connectivity index (χ1n) is 7.06. The molecule has 0 saturated carbocycles. The van der Waals surface area contributed by atoms with Crippen LogP contribution in [0.15, 0.2) is 18.2 Å². The van der Waals surface area contributed by atoms with E-state index in [4.69, 9.17) is 14.2 Å². The molecule has 1 heterocycles. The monoisotopic (exact) mass is 294 g/mol. The van der Waals surface area contributed by atoms with Gasteiger partial charge in [0.05, 0.1) is 20.3 Å². The molecule has 6 nitrogen and oxygen atoms in total. The predicted octanol–water partition coefficient (Wildman–Crippen LogP) is 1.41. The summed E-state index contributed by atoms with van der Waals surface area (Å²) in [6.45, 7) is 1.95. The summed E-state index contributed by atoms with van der Waals surface area (Å²) in [5.41, 5.74) is 0.630. The third-order valence-electron chi connectivity index (χ3n) is 3.37. The SMILES string of the molecule is COc1cc(NC(=O)COC2CCNCC2)cc(OC)c1. The number of ether oxygens (including phenoxy) is 3. The quantitative estimate of drug-likeness (QED) is 0.830. The van der Waals surface area contributed by atoms with E-state index in [1.165, 1.54) is 0 Å². The van der Waals surface area contributed by atoms with Gasteiger partial charge in [-0.15, -0.1) is 0 Å². The van der Waals surface area contributed by atoms with E-state index in [2.05, 4.69) is 10.6 Å². The topological polar surface area (TPSA) is 68.8 Å². The second kappa shape index (κ2) is 7.85. The Bertz CT molecular complexity index is 450. The van der Waals surface area contributed by atoms with Crippen molar-refractivity contribution in [3.63, 3.8) is 0 Å². The summed E-state index contributed by atoms with van der Waals surface area (Å²) in [7, 11) is 3.14. The molecular formula is C15H22N2O4. The van der Waals surface area contributed by atoms with Crippen LogP contribution in [0.5, 0.6) is 11.5 Å². The van der Waals surface area contributed by atoms with Crippen LogP contribution in [0, 0.1) is 0 Å². The van der Waals surface area contributed by atoms with Crippen LogP contribution in [0.2, 0.25) is 0 Å². The van der Waals surface area contributed by atoms with E-state index in [-0.39, 0.29) is 18.6 Å². The Kier molecular flexibility index (Phi) is 5.83. The smallest absolute Gasteiger partial charge is 0.250 e. The number of amides is 1. The van der Waals surface area contributed by atoms with Gasteiger partial charge in [0.25, 0.3) is 0 Å². The molecule has 0 bridgehead atoms. The van der Waals surface area contributed by atoms with E-state index in [9.17, 15) is 4.79 Å². The third kappa shape index (κ3) is 4.91. The highest BCUT2D eigenvalue weighted by atomic mass is 16.5. The minimum absolute atomic E-state index is 0.0597. The summed E-state index contributed by atoms with van der Waals surface area (Å²) in [4.78, 5) is 11.9. The van der Waals surface area contributed by atoms with Gasteiger partial charge in [-0.25, -0.2) is 0 Å². The van der Waals surface area contributed by atoms with Gasteiger partial charge in [0, 0.05) is 23.9 Å². The van der Waals surface area contributed by atoms with Crippen molar-refractivity contribution in [2.24, 2.45) is 0 Å². The van der Waals surface area contributed by atoms with Crippen LogP contribution in [-0.2, 0) is 9.53 Å². The zero-order valence-corrected chi connectivity index (χ0v) is 12.5. The Balaban J connectivity index is 1.86. The fraction of sp³-hybridized carbons (Fsp3) is 0.533. The highest BCUT2D eigenvalue weighted by Crippen LogP contribution is 2.25. The number of rotatable bonds is 6. The lowest BCUT2D eigenvalue weighted by Gasteiger charge is -2.22. The first kappa shape index (κ1) is 15.6. The summed E-state index contributed by atoms with van der Waals surface area (Å²) in [6.07, 6.45) is 2.05. The van der Waals surface area contributed by atoms with Crippen molar-refractivity contribution < 1.29 is 19.0 Å². The van der Waals surface area contributed by atoms with Gasteiger partial charge in [-0.3, -0.25) is 4.79 Å². The average molecular weight is 294 g/mol. The molecule has 0 aliphatic carbocycles. The van der Waals surface area contributed by atoms with Crippen molar-refractivity contribution >= 4 is 11.6 Å². The highest BCUT2D eigenvalue weighted by Gasteiger charge is 2.15. The lowest BCUT2D eigenvalue weighted by molar-refractivity contribution is -0.123. The van der Waals surface area contributed by atoms with E-state index < -0.39 is 0 Å². The van der Waals surface area contributed by atoms with E-state index >= 15 is 0 Å². The lowest BCUT2D eigenvalue weighted by Crippen LogP contribution is -2.34. The van der Waals surface area contributed by atoms with Gasteiger partial charge in [-0.05, 0) is 25.9 Å². The Morgan fingerprint density at radius 3 is 2.38 bits per heavy atom. The van der Waals surface area contributed by atoms with Crippen molar-refractivity contribution in [1.82, 2.24) is 5.32 Å². The lowest BCUT2D eigenvalue weighted by atomic mass is 10.1. The van der Waals surface area contributed by atoms with Gasteiger partial charge < -0.3 is 24.8 Å². The summed E-state index contributed by atoms with van der Waals surface area (Å²) < 4.78 is 15.9. The molecular weight excluding hydrogens is 272 g/mol. The fourth-order valence-corrected chi connectivity index (χ4v) is 2.23. The molecule has 1 saturated heterocycles. The van der Waals surface area contributed by atoms with Crippen LogP contribution in [0.25, 0.3) is 0 Å². The minimum atomic E-state index is -0.177. The summed E-state index contributed by atoms with van der Waals surface area (Å²) in [5, 5.41) is 6.05. The Labute approximate surface area is 124 Å². The molecule has 116 valence electrons. The zero-order chi connectivity index (χ0) is 15.1. The third-order valence-corrected chi connectivity index (χ3v) is 3.37. The van der Waals surface area contributed by atoms with Crippen LogP contribution in [0.1, 0.15) is 12.8 Å². The van der Waals surface area contributed by atoms with Crippen molar-refractivity contribution in [3.05, 3.63) is 18.2 Å². The first-order valence-corrected chi connectivity index (χ1v) is 7.06. The molecule has 1 aromatic rings. The van der Waals surface area contributed by atoms with Crippen LogP contribution < -0.4 is 20.1 Å². The van der Waals surface area contributed by atoms with Crippen LogP contribution in [0.4, 0.5) is 5.69 Å². The molecule has 1 amide bonds. The summed E-state index contributed by atoms with van der Waals surface area (Å²) >= 11 is 0. The first-order chi connectivity index (χ1) is 10.2. The molecule has 6 heteroatoms. The van der Waals surface area contributed by atoms with Crippen LogP contribution in [0.3, 0.4) is 0 Å². The van der Waals surface area contributed by atoms with Gasteiger partial charge in [-0.2, -0.15) is 0 Å². The van der Waals surface area contributed by atoms with E-state index in [1.54, 1.807) is 32.4 Å². The minimum Gasteiger partial charge on any atom is -0.497 e. The molecule has 0 atom stereocenters. The van der Waals surface area contributed by atoms with Gasteiger partial charge in [0.15, 0.2) is 0 Å². The number of piperidine rings is 1. The number of hydrogen-bond donors (Lipinski definition) is 2. The second-order valence-corrected chi connectivity index (χ2v) is 4.91. The number of carbonyl (C=O) groups excluding carboxylic acids is 1. The molecule has 0 unspecified atom stereocenters. The van der Waals surface area contributed by atoms with E-state index in [1.807, 2.05) is 0 Å². The summed E-state index contributed by atoms with van der Waals surface area (Å²) in [5.74, 6) is 1.08. The molecule has 1 aromatic carbocycles. The molecule has 1 aliphatic heterocycles. The predicted molar refractivity (Wildman–Crippen MR) is 80.0 cm³/mol. The van der Waals surface area contributed by atoms with Gasteiger partial charge in [0.2, 0.25) is 5.91 Å². The molecule has 2 rings (SSSR count). The van der Waals surface area contributed by atoms with Gasteiger partial charge in [-0.1, -0.05) is 0 Å². The second-order valence-electron chi connectivity index (χ2n) is 4.91. The normalized spacial score (nSPS) is 15.5. The van der Waals surface area contributed by atoms with E-state index in [0.717, 1.165) is 25.9 Å². The van der Waals surface area contributed by atoms with E-state index in [0.29, 0.717) is 17.2 Å². The molecule has 2 N–H and O–H groups in total. The van der Waals surface area contributed by atoms with Crippen molar-refractivity contribution in [2.75, 3.05) is 39.2 Å². The molecule has 1 fully saturated rings. The Hall–Kier alpha value is -1.79. The maximum Gasteiger partial charge on any atom is 0.250 e. The maximum absolute atomic E-state index is 11.9. The number of nitrogens with one attached hydrogen (secondary N) is 2. The highest BCUT2D eigenvalue weighted by molar-refractivity contribution is 5.92. The van der Waals surface area contributed by atoms with Crippen LogP contribution in [-0.4, -0.2) is 45.9 Å². The molecule has 0 radical (unpaired) electrons. The molecule has 1 aliphatic rings.